The number of carbonyl (C=O) groups is 1. The van der Waals surface area contributed by atoms with Crippen LogP contribution in [0.2, 0.25) is 0 Å². The predicted molar refractivity (Wildman–Crippen MR) is 225 cm³/mol. The number of ether oxygens (including phenoxy) is 1. The van der Waals surface area contributed by atoms with Crippen LogP contribution in [0.15, 0.2) is 60.5 Å². The summed E-state index contributed by atoms with van der Waals surface area (Å²) in [4.78, 5) is 16.6. The van der Waals surface area contributed by atoms with Crippen molar-refractivity contribution in [1.29, 1.82) is 0 Å². The first-order chi connectivity index (χ1) is 25.2. The number of rotatable bonds is 9. The Morgan fingerprint density at radius 2 is 1.50 bits per heavy atom. The van der Waals surface area contributed by atoms with Crippen molar-refractivity contribution in [3.63, 3.8) is 0 Å². The van der Waals surface area contributed by atoms with Gasteiger partial charge in [-0.2, -0.15) is 0 Å². The molecule has 0 atom stereocenters. The second kappa shape index (κ2) is 16.7. The third kappa shape index (κ3) is 9.11. The molecular formula is C49H62IrNO3-. The number of aliphatic hydroxyl groups is 1. The normalized spacial score (nSPS) is 13.3. The number of hydrogen-bond acceptors (Lipinski definition) is 4. The van der Waals surface area contributed by atoms with Crippen molar-refractivity contribution in [2.24, 2.45) is 22.2 Å². The number of aliphatic hydroxyl groups excluding tert-OH is 1. The predicted octanol–water partition coefficient (Wildman–Crippen LogP) is 14.2. The Labute approximate surface area is 340 Å². The number of pyridine rings is 1. The fourth-order valence-electron chi connectivity index (χ4n) is 7.51. The maximum Gasteiger partial charge on any atom is 0.162 e. The molecule has 1 radical (unpaired) electrons. The number of aromatic nitrogens is 1. The summed E-state index contributed by atoms with van der Waals surface area (Å²) in [6, 6.07) is 19.0. The van der Waals surface area contributed by atoms with E-state index in [4.69, 9.17) is 11.1 Å². The molecule has 0 aliphatic carbocycles. The van der Waals surface area contributed by atoms with Crippen LogP contribution in [0.3, 0.4) is 0 Å². The molecule has 291 valence electrons. The van der Waals surface area contributed by atoms with Crippen LogP contribution in [0.4, 0.5) is 0 Å². The molecular weight excluding hydrogens is 843 g/mol. The Bertz CT molecular complexity index is 2250. The van der Waals surface area contributed by atoms with E-state index in [0.717, 1.165) is 88.2 Å². The SMILES string of the molecule is CCC(CC)C(=O)/C=C(\O)C(C)(CC)CC.[2H]c1cc2c3c(cc4cc(CC(C)(C)C)ccc42)Oc2c([c-]c4cc(C)c(C)cc4c2CC(C)(C)C)-c3n1.[Ir]. The molecule has 1 aliphatic rings. The first-order valence-electron chi connectivity index (χ1n) is 20.2. The van der Waals surface area contributed by atoms with Gasteiger partial charge in [-0.05, 0) is 97.1 Å². The molecule has 5 heteroatoms. The summed E-state index contributed by atoms with van der Waals surface area (Å²) in [6.07, 6.45) is 6.96. The monoisotopic (exact) mass is 906 g/mol. The zero-order valence-corrected chi connectivity index (χ0v) is 37.4. The summed E-state index contributed by atoms with van der Waals surface area (Å²) in [5.74, 6) is 2.03. The maximum absolute atomic E-state index is 11.9. The number of allylic oxidation sites excluding steroid dienone is 2. The second-order valence-electron chi connectivity index (χ2n) is 18.0. The summed E-state index contributed by atoms with van der Waals surface area (Å²) in [5, 5.41) is 16.6. The van der Waals surface area contributed by atoms with E-state index < -0.39 is 0 Å². The van der Waals surface area contributed by atoms with E-state index in [0.29, 0.717) is 0 Å². The van der Waals surface area contributed by atoms with Crippen LogP contribution in [-0.4, -0.2) is 15.9 Å². The molecule has 2 heterocycles. The number of fused-ring (bicyclic) bond motifs is 5. The van der Waals surface area contributed by atoms with Gasteiger partial charge in [0.15, 0.2) is 5.78 Å². The summed E-state index contributed by atoms with van der Waals surface area (Å²) in [7, 11) is 0. The molecule has 6 rings (SSSR count). The van der Waals surface area contributed by atoms with Crippen LogP contribution >= 0.6 is 0 Å². The third-order valence-corrected chi connectivity index (χ3v) is 11.3. The van der Waals surface area contributed by atoms with Gasteiger partial charge in [0.25, 0.3) is 0 Å². The summed E-state index contributed by atoms with van der Waals surface area (Å²) in [6.45, 7) is 28.0. The molecule has 1 N–H and O–H groups in total. The second-order valence-corrected chi connectivity index (χ2v) is 18.0. The van der Waals surface area contributed by atoms with Crippen LogP contribution < -0.4 is 4.74 Å². The average molecular weight is 906 g/mol. The smallest absolute Gasteiger partial charge is 0.162 e. The van der Waals surface area contributed by atoms with Gasteiger partial charge < -0.3 is 9.84 Å². The molecule has 4 aromatic carbocycles. The Morgan fingerprint density at radius 1 is 0.870 bits per heavy atom. The van der Waals surface area contributed by atoms with Gasteiger partial charge in [-0.3, -0.25) is 9.78 Å². The number of nitrogens with zero attached hydrogens (tertiary/aromatic N) is 1. The largest absolute Gasteiger partial charge is 0.512 e. The van der Waals surface area contributed by atoms with Crippen LogP contribution in [0.5, 0.6) is 11.5 Å². The van der Waals surface area contributed by atoms with Gasteiger partial charge >= 0.3 is 0 Å². The molecule has 5 aromatic rings. The van der Waals surface area contributed by atoms with Gasteiger partial charge in [-0.1, -0.05) is 128 Å². The quantitative estimate of drug-likeness (QED) is 0.0680. The van der Waals surface area contributed by atoms with Gasteiger partial charge in [0.05, 0.1) is 7.12 Å². The van der Waals surface area contributed by atoms with E-state index in [1.807, 2.05) is 40.7 Å². The van der Waals surface area contributed by atoms with Gasteiger partial charge in [0, 0.05) is 54.8 Å². The molecule has 0 saturated carbocycles. The first-order valence-corrected chi connectivity index (χ1v) is 19.7. The van der Waals surface area contributed by atoms with E-state index in [1.165, 1.54) is 33.7 Å². The fraction of sp³-hybridized carbons (Fsp3) is 0.469. The van der Waals surface area contributed by atoms with Crippen molar-refractivity contribution in [1.82, 2.24) is 4.98 Å². The van der Waals surface area contributed by atoms with E-state index in [-0.39, 0.29) is 60.0 Å². The number of benzene rings is 4. The Kier molecular flexibility index (Phi) is 12.9. The van der Waals surface area contributed by atoms with Crippen LogP contribution in [0.1, 0.15) is 125 Å². The molecule has 1 aromatic heterocycles. The average Bonchev–Trinajstić information content (AvgIpc) is 3.08. The van der Waals surface area contributed by atoms with Crippen molar-refractivity contribution in [2.75, 3.05) is 0 Å². The molecule has 0 bridgehead atoms. The molecule has 54 heavy (non-hydrogen) atoms. The Morgan fingerprint density at radius 3 is 2.09 bits per heavy atom. The van der Waals surface area contributed by atoms with Crippen molar-refractivity contribution in [3.05, 3.63) is 88.8 Å². The molecule has 0 amide bonds. The summed E-state index contributed by atoms with van der Waals surface area (Å²) < 4.78 is 15.5. The number of hydrogen-bond donors (Lipinski definition) is 1. The molecule has 4 nitrogen and oxygen atoms in total. The topological polar surface area (TPSA) is 59.4 Å². The van der Waals surface area contributed by atoms with E-state index in [9.17, 15) is 9.90 Å². The molecule has 0 spiro atoms. The number of aryl methyl sites for hydroxylation is 2. The van der Waals surface area contributed by atoms with Crippen LogP contribution in [-0.2, 0) is 37.7 Å². The minimum Gasteiger partial charge on any atom is -0.512 e. The van der Waals surface area contributed by atoms with Crippen molar-refractivity contribution >= 4 is 38.1 Å². The molecule has 0 unspecified atom stereocenters. The minimum atomic E-state index is -0.248. The van der Waals surface area contributed by atoms with Gasteiger partial charge in [-0.25, -0.2) is 0 Å². The summed E-state index contributed by atoms with van der Waals surface area (Å²) in [5.41, 5.74) is 6.72. The molecule has 0 fully saturated rings. The first kappa shape index (κ1) is 41.6. The van der Waals surface area contributed by atoms with Gasteiger partial charge in [-0.15, -0.1) is 17.5 Å². The Balaban J connectivity index is 0.000000338. The van der Waals surface area contributed by atoms with Gasteiger partial charge in [0.1, 0.15) is 11.5 Å². The van der Waals surface area contributed by atoms with E-state index >= 15 is 0 Å². The minimum absolute atomic E-state index is 0. The van der Waals surface area contributed by atoms with E-state index in [1.54, 1.807) is 0 Å². The third-order valence-electron chi connectivity index (χ3n) is 11.3. The maximum atomic E-state index is 11.9. The van der Waals surface area contributed by atoms with Crippen molar-refractivity contribution < 1.29 is 36.1 Å². The van der Waals surface area contributed by atoms with Crippen molar-refractivity contribution in [2.45, 2.75) is 129 Å². The van der Waals surface area contributed by atoms with Gasteiger partial charge in [0.2, 0.25) is 0 Å². The standard InChI is InChI=1S/C35H36NO.C14H26O2.Ir/c1-20-13-23-16-28-32-31-26(11-12-36-32)25-10-9-22(18-34(3,4)5)15-24(25)17-30(31)37-33(28)29(19-35(6,7)8)27(23)14-21(20)2;1-6-11(7-2)12(15)10-13(16)14(5,8-3)9-4;/h9-15,17H,18-19H2,1-8H3;10-11,16H,6-9H2,1-5H3;/q-1;;/b;13-10-;/i12D;;. The van der Waals surface area contributed by atoms with Crippen LogP contribution in [0, 0.1) is 42.1 Å². The Hall–Kier alpha value is -3.53. The zero-order chi connectivity index (χ0) is 39.9. The summed E-state index contributed by atoms with van der Waals surface area (Å²) >= 11 is 0. The molecule has 1 aliphatic heterocycles. The number of carbonyl (C=O) groups excluding carboxylic acids is 1. The van der Waals surface area contributed by atoms with Crippen molar-refractivity contribution in [3.8, 4) is 22.8 Å². The van der Waals surface area contributed by atoms with E-state index in [2.05, 4.69) is 97.9 Å². The number of ketones is 1. The fourth-order valence-corrected chi connectivity index (χ4v) is 7.51. The molecule has 0 saturated heterocycles. The van der Waals surface area contributed by atoms with Crippen LogP contribution in [0.25, 0.3) is 43.6 Å². The zero-order valence-electron chi connectivity index (χ0n) is 36.0.